The first-order chi connectivity index (χ1) is 16.9. The molecular weight excluding hydrogens is 484 g/mol. The van der Waals surface area contributed by atoms with Crippen LogP contribution < -0.4 is 19.8 Å². The van der Waals surface area contributed by atoms with E-state index in [0.29, 0.717) is 41.1 Å². The summed E-state index contributed by atoms with van der Waals surface area (Å²) in [5.74, 6) is 2.15. The molecule has 0 fully saturated rings. The number of rotatable bonds is 7. The number of fused-ring (bicyclic) bond motifs is 3. The molecule has 0 atom stereocenters. The first-order valence-electron chi connectivity index (χ1n) is 11.7. The topological polar surface area (TPSA) is 73.4 Å². The van der Waals surface area contributed by atoms with Crippen LogP contribution in [-0.2, 0) is 12.8 Å². The van der Waals surface area contributed by atoms with Crippen molar-refractivity contribution in [3.8, 4) is 28.6 Å². The molecule has 1 N–H and O–H groups in total. The predicted molar refractivity (Wildman–Crippen MR) is 141 cm³/mol. The molecule has 2 heterocycles. The van der Waals surface area contributed by atoms with E-state index in [2.05, 4.69) is 18.8 Å². The van der Waals surface area contributed by atoms with Crippen LogP contribution in [-0.4, -0.2) is 30.3 Å². The number of H-pyrrole nitrogens is 1. The zero-order chi connectivity index (χ0) is 24.5. The van der Waals surface area contributed by atoms with Gasteiger partial charge in [0.15, 0.2) is 11.5 Å². The third kappa shape index (κ3) is 4.75. The quantitative estimate of drug-likeness (QED) is 0.297. The number of hydrogen-bond acceptors (Lipinski definition) is 6. The number of halogens is 1. The van der Waals surface area contributed by atoms with Crippen LogP contribution in [0.3, 0.4) is 0 Å². The largest absolute Gasteiger partial charge is 0.493 e. The monoisotopic (exact) mass is 510 g/mol. The first kappa shape index (κ1) is 23.7. The fraction of sp³-hybridized carbons (Fsp3) is 0.333. The van der Waals surface area contributed by atoms with E-state index in [9.17, 15) is 4.79 Å². The summed E-state index contributed by atoms with van der Waals surface area (Å²) >= 11 is 8.19. The van der Waals surface area contributed by atoms with Gasteiger partial charge in [0.1, 0.15) is 29.6 Å². The SMILES string of the molecule is COc1cc(-c2nc3sc4c(c3c(=O)[nH]2)CCCC4)cc(Cl)c1OCCOc1ccc(C)c(C)c1. The van der Waals surface area contributed by atoms with Crippen molar-refractivity contribution in [1.82, 2.24) is 9.97 Å². The lowest BCUT2D eigenvalue weighted by molar-refractivity contribution is 0.211. The summed E-state index contributed by atoms with van der Waals surface area (Å²) in [4.78, 5) is 22.7. The Balaban J connectivity index is 1.36. The summed E-state index contributed by atoms with van der Waals surface area (Å²) in [6.07, 6.45) is 4.24. The third-order valence-corrected chi connectivity index (χ3v) is 7.87. The average molecular weight is 511 g/mol. The van der Waals surface area contributed by atoms with Gasteiger partial charge in [-0.1, -0.05) is 17.7 Å². The van der Waals surface area contributed by atoms with Gasteiger partial charge in [-0.2, -0.15) is 0 Å². The van der Waals surface area contributed by atoms with E-state index < -0.39 is 0 Å². The Morgan fingerprint density at radius 1 is 1.06 bits per heavy atom. The van der Waals surface area contributed by atoms with Crippen molar-refractivity contribution in [1.29, 1.82) is 0 Å². The molecule has 1 aliphatic carbocycles. The summed E-state index contributed by atoms with van der Waals surface area (Å²) < 4.78 is 17.3. The molecule has 182 valence electrons. The fourth-order valence-corrected chi connectivity index (χ4v) is 5.93. The van der Waals surface area contributed by atoms with Crippen LogP contribution in [0.25, 0.3) is 21.6 Å². The molecule has 0 amide bonds. The maximum atomic E-state index is 13.0. The number of aromatic nitrogens is 2. The third-order valence-electron chi connectivity index (χ3n) is 6.40. The Labute approximate surface area is 212 Å². The van der Waals surface area contributed by atoms with E-state index in [1.807, 2.05) is 18.2 Å². The van der Waals surface area contributed by atoms with Gasteiger partial charge in [-0.3, -0.25) is 4.79 Å². The number of aromatic amines is 1. The number of methoxy groups -OCH3 is 1. The van der Waals surface area contributed by atoms with Gasteiger partial charge in [0, 0.05) is 10.4 Å². The molecule has 5 rings (SSSR count). The Morgan fingerprint density at radius 3 is 2.66 bits per heavy atom. The number of nitrogens with one attached hydrogen (secondary N) is 1. The maximum absolute atomic E-state index is 13.0. The minimum Gasteiger partial charge on any atom is -0.493 e. The highest BCUT2D eigenvalue weighted by atomic mass is 35.5. The zero-order valence-electron chi connectivity index (χ0n) is 20.0. The molecule has 0 saturated heterocycles. The predicted octanol–water partition coefficient (Wildman–Crippen LogP) is 6.27. The molecule has 0 unspecified atom stereocenters. The zero-order valence-corrected chi connectivity index (χ0v) is 21.6. The average Bonchev–Trinajstić information content (AvgIpc) is 3.23. The Bertz CT molecular complexity index is 1460. The summed E-state index contributed by atoms with van der Waals surface area (Å²) in [5.41, 5.74) is 4.12. The second kappa shape index (κ2) is 9.91. The van der Waals surface area contributed by atoms with Gasteiger partial charge in [-0.25, -0.2) is 4.98 Å². The molecule has 35 heavy (non-hydrogen) atoms. The molecule has 4 aromatic rings. The molecule has 2 aromatic heterocycles. The number of hydrogen-bond donors (Lipinski definition) is 1. The van der Waals surface area contributed by atoms with Crippen LogP contribution in [0.5, 0.6) is 17.2 Å². The lowest BCUT2D eigenvalue weighted by Gasteiger charge is -2.15. The molecule has 0 radical (unpaired) electrons. The molecule has 8 heteroatoms. The smallest absolute Gasteiger partial charge is 0.260 e. The summed E-state index contributed by atoms with van der Waals surface area (Å²) in [6.45, 7) is 4.77. The second-order valence-electron chi connectivity index (χ2n) is 8.74. The number of ether oxygens (including phenoxy) is 3. The highest BCUT2D eigenvalue weighted by Gasteiger charge is 2.21. The molecule has 0 spiro atoms. The van der Waals surface area contributed by atoms with Crippen molar-refractivity contribution in [2.75, 3.05) is 20.3 Å². The number of thiophene rings is 1. The van der Waals surface area contributed by atoms with Crippen LogP contribution in [0, 0.1) is 13.8 Å². The van der Waals surface area contributed by atoms with Crippen molar-refractivity contribution in [2.45, 2.75) is 39.5 Å². The number of benzene rings is 2. The van der Waals surface area contributed by atoms with Crippen molar-refractivity contribution < 1.29 is 14.2 Å². The van der Waals surface area contributed by atoms with Crippen LogP contribution in [0.4, 0.5) is 0 Å². The Hall–Kier alpha value is -3.03. The summed E-state index contributed by atoms with van der Waals surface area (Å²) in [6, 6.07) is 9.50. The molecule has 6 nitrogen and oxygen atoms in total. The van der Waals surface area contributed by atoms with Crippen molar-refractivity contribution in [3.05, 3.63) is 67.3 Å². The molecule has 1 aliphatic rings. The van der Waals surface area contributed by atoms with Gasteiger partial charge in [-0.15, -0.1) is 11.3 Å². The molecule has 0 aliphatic heterocycles. The standard InChI is InChI=1S/C27H27ClN2O4S/c1-15-8-9-18(12-16(15)2)33-10-11-34-24-20(28)13-17(14-21(24)32-3)25-29-26(31)23-19-6-4-5-7-22(19)35-27(23)30-25/h8-9,12-14H,4-7,10-11H2,1-3H3,(H,29,30,31). The minimum absolute atomic E-state index is 0.108. The first-order valence-corrected chi connectivity index (χ1v) is 12.9. The van der Waals surface area contributed by atoms with Crippen LogP contribution >= 0.6 is 22.9 Å². The van der Waals surface area contributed by atoms with Gasteiger partial charge in [-0.05, 0) is 80.5 Å². The summed E-state index contributed by atoms with van der Waals surface area (Å²) in [7, 11) is 1.56. The normalized spacial score (nSPS) is 13.0. The van der Waals surface area contributed by atoms with E-state index in [1.54, 1.807) is 30.6 Å². The molecular formula is C27H27ClN2O4S. The van der Waals surface area contributed by atoms with E-state index >= 15 is 0 Å². The lowest BCUT2D eigenvalue weighted by Crippen LogP contribution is -2.12. The van der Waals surface area contributed by atoms with Gasteiger partial charge in [0.2, 0.25) is 0 Å². The van der Waals surface area contributed by atoms with Crippen molar-refractivity contribution in [2.24, 2.45) is 0 Å². The van der Waals surface area contributed by atoms with E-state index in [-0.39, 0.29) is 5.56 Å². The molecule has 0 bridgehead atoms. The maximum Gasteiger partial charge on any atom is 0.260 e. The van der Waals surface area contributed by atoms with Gasteiger partial charge in [0.25, 0.3) is 5.56 Å². The van der Waals surface area contributed by atoms with Crippen LogP contribution in [0.2, 0.25) is 5.02 Å². The Morgan fingerprint density at radius 2 is 1.86 bits per heavy atom. The fourth-order valence-electron chi connectivity index (χ4n) is 4.40. The highest BCUT2D eigenvalue weighted by molar-refractivity contribution is 7.18. The molecule has 2 aromatic carbocycles. The van der Waals surface area contributed by atoms with Gasteiger partial charge < -0.3 is 19.2 Å². The van der Waals surface area contributed by atoms with Crippen LogP contribution in [0.15, 0.2) is 35.1 Å². The van der Waals surface area contributed by atoms with Crippen molar-refractivity contribution in [3.63, 3.8) is 0 Å². The van der Waals surface area contributed by atoms with Gasteiger partial charge in [0.05, 0.1) is 17.5 Å². The highest BCUT2D eigenvalue weighted by Crippen LogP contribution is 2.40. The summed E-state index contributed by atoms with van der Waals surface area (Å²) in [5, 5.41) is 1.11. The molecule has 0 saturated carbocycles. The number of aryl methyl sites for hydroxylation is 4. The Kier molecular flexibility index (Phi) is 6.71. The van der Waals surface area contributed by atoms with Crippen LogP contribution in [0.1, 0.15) is 34.4 Å². The van der Waals surface area contributed by atoms with Gasteiger partial charge >= 0.3 is 0 Å². The van der Waals surface area contributed by atoms with E-state index in [4.69, 9.17) is 30.8 Å². The van der Waals surface area contributed by atoms with Crippen molar-refractivity contribution >= 4 is 33.2 Å². The second-order valence-corrected chi connectivity index (χ2v) is 10.2. The lowest BCUT2D eigenvalue weighted by atomic mass is 9.97. The van der Waals surface area contributed by atoms with E-state index in [0.717, 1.165) is 41.6 Å². The minimum atomic E-state index is -0.108. The van der Waals surface area contributed by atoms with E-state index in [1.165, 1.54) is 21.6 Å². The number of nitrogens with zero attached hydrogens (tertiary/aromatic N) is 1.